The molecule has 1 fully saturated rings. The maximum absolute atomic E-state index is 5.76. The van der Waals surface area contributed by atoms with E-state index < -0.39 is 0 Å². The van der Waals surface area contributed by atoms with Gasteiger partial charge in [-0.25, -0.2) is 0 Å². The van der Waals surface area contributed by atoms with Gasteiger partial charge in [-0.1, -0.05) is 24.3 Å². The molecule has 1 saturated heterocycles. The molecule has 0 saturated carbocycles. The van der Waals surface area contributed by atoms with Crippen LogP contribution in [0.15, 0.2) is 97.7 Å². The number of nitrogens with one attached hydrogen (secondary N) is 1. The van der Waals surface area contributed by atoms with Crippen molar-refractivity contribution in [2.24, 2.45) is 0 Å². The molecule has 1 aliphatic rings. The molecule has 6 heteroatoms. The largest absolute Gasteiger partial charge is 0.352 e. The van der Waals surface area contributed by atoms with Gasteiger partial charge in [0, 0.05) is 43.2 Å². The molecule has 0 bridgehead atoms. The molecule has 5 rings (SSSR count). The predicted molar refractivity (Wildman–Crippen MR) is 121 cm³/mol. The van der Waals surface area contributed by atoms with Crippen molar-refractivity contribution in [1.29, 1.82) is 0 Å². The zero-order chi connectivity index (χ0) is 20.3. The van der Waals surface area contributed by atoms with Crippen LogP contribution in [0, 0.1) is 0 Å². The van der Waals surface area contributed by atoms with E-state index in [1.807, 2.05) is 61.1 Å². The fraction of sp³-hybridized carbons (Fsp3) is 0.125. The second-order valence-electron chi connectivity index (χ2n) is 7.30. The van der Waals surface area contributed by atoms with E-state index in [0.29, 0.717) is 6.54 Å². The summed E-state index contributed by atoms with van der Waals surface area (Å²) in [5.41, 5.74) is 4.47. The molecule has 0 spiro atoms. The molecule has 0 aliphatic carbocycles. The van der Waals surface area contributed by atoms with Gasteiger partial charge in [0.05, 0.1) is 17.8 Å². The molecule has 5 nitrogen and oxygen atoms in total. The fourth-order valence-corrected chi connectivity index (χ4v) is 4.28. The first-order valence-corrected chi connectivity index (χ1v) is 10.3. The molecular formula is C24H21N5S. The highest BCUT2D eigenvalue weighted by Gasteiger charge is 2.40. The molecule has 1 aliphatic heterocycles. The molecule has 30 heavy (non-hydrogen) atoms. The highest BCUT2D eigenvalue weighted by atomic mass is 32.1. The van der Waals surface area contributed by atoms with Crippen molar-refractivity contribution in [2.75, 3.05) is 0 Å². The topological polar surface area (TPSA) is 46.0 Å². The van der Waals surface area contributed by atoms with E-state index in [4.69, 9.17) is 12.2 Å². The molecule has 148 valence electrons. The van der Waals surface area contributed by atoms with Crippen LogP contribution in [-0.4, -0.2) is 24.5 Å². The minimum absolute atomic E-state index is 0.0211. The maximum atomic E-state index is 5.76. The average molecular weight is 412 g/mol. The second-order valence-corrected chi connectivity index (χ2v) is 7.68. The first-order valence-electron chi connectivity index (χ1n) is 9.90. The Balaban J connectivity index is 1.54. The lowest BCUT2D eigenvalue weighted by Crippen LogP contribution is -2.29. The highest BCUT2D eigenvalue weighted by molar-refractivity contribution is 7.80. The van der Waals surface area contributed by atoms with Crippen LogP contribution >= 0.6 is 12.2 Å². The van der Waals surface area contributed by atoms with Crippen molar-refractivity contribution in [1.82, 2.24) is 24.8 Å². The van der Waals surface area contributed by atoms with E-state index in [0.717, 1.165) is 16.5 Å². The van der Waals surface area contributed by atoms with Gasteiger partial charge < -0.3 is 14.8 Å². The number of aromatic nitrogens is 3. The van der Waals surface area contributed by atoms with E-state index in [1.165, 1.54) is 11.1 Å². The number of hydrogen-bond donors (Lipinski definition) is 1. The molecule has 0 radical (unpaired) electrons. The van der Waals surface area contributed by atoms with Crippen molar-refractivity contribution in [3.63, 3.8) is 0 Å². The van der Waals surface area contributed by atoms with Gasteiger partial charge in [-0.3, -0.25) is 9.97 Å². The lowest BCUT2D eigenvalue weighted by Gasteiger charge is -2.27. The monoisotopic (exact) mass is 411 g/mol. The third-order valence-electron chi connectivity index (χ3n) is 5.41. The van der Waals surface area contributed by atoms with Crippen molar-refractivity contribution >= 4 is 17.3 Å². The first-order chi connectivity index (χ1) is 14.8. The Kier molecular flexibility index (Phi) is 4.99. The summed E-state index contributed by atoms with van der Waals surface area (Å²) in [4.78, 5) is 11.0. The van der Waals surface area contributed by atoms with Crippen LogP contribution in [0.4, 0.5) is 0 Å². The molecule has 1 aromatic carbocycles. The molecule has 0 unspecified atom stereocenters. The third-order valence-corrected chi connectivity index (χ3v) is 5.76. The normalized spacial score (nSPS) is 18.4. The standard InChI is InChI=1S/C24H21N5S/c30-24-27-22(21-8-4-5-12-26-21)23(29(24)16-18-9-13-25-14-10-18)19-11-15-28(17-19)20-6-2-1-3-7-20/h1-15,17,22-23H,16H2,(H,27,30)/t22-,23-/m1/s1. The molecule has 4 aromatic rings. The quantitative estimate of drug-likeness (QED) is 0.492. The minimum atomic E-state index is -0.0211. The van der Waals surface area contributed by atoms with Gasteiger partial charge in [-0.2, -0.15) is 0 Å². The maximum Gasteiger partial charge on any atom is 0.170 e. The van der Waals surface area contributed by atoms with Gasteiger partial charge in [0.15, 0.2) is 5.11 Å². The van der Waals surface area contributed by atoms with Crippen molar-refractivity contribution in [3.8, 4) is 5.69 Å². The van der Waals surface area contributed by atoms with Crippen LogP contribution in [0.1, 0.15) is 28.9 Å². The number of thiocarbonyl (C=S) groups is 1. The number of hydrogen-bond acceptors (Lipinski definition) is 3. The summed E-state index contributed by atoms with van der Waals surface area (Å²) in [5.74, 6) is 0. The van der Waals surface area contributed by atoms with Crippen LogP contribution in [0.3, 0.4) is 0 Å². The number of benzene rings is 1. The van der Waals surface area contributed by atoms with E-state index in [9.17, 15) is 0 Å². The van der Waals surface area contributed by atoms with Gasteiger partial charge in [0.25, 0.3) is 0 Å². The summed E-state index contributed by atoms with van der Waals surface area (Å²) >= 11 is 5.76. The summed E-state index contributed by atoms with van der Waals surface area (Å²) in [6.07, 6.45) is 9.76. The summed E-state index contributed by atoms with van der Waals surface area (Å²) < 4.78 is 2.15. The predicted octanol–water partition coefficient (Wildman–Crippen LogP) is 4.44. The Hall–Kier alpha value is -3.51. The summed E-state index contributed by atoms with van der Waals surface area (Å²) in [5, 5.41) is 4.24. The van der Waals surface area contributed by atoms with Gasteiger partial charge in [0.1, 0.15) is 0 Å². The molecular weight excluding hydrogens is 390 g/mol. The van der Waals surface area contributed by atoms with Crippen LogP contribution in [0.25, 0.3) is 5.69 Å². The Labute approximate surface area is 181 Å². The summed E-state index contributed by atoms with van der Waals surface area (Å²) in [6.45, 7) is 0.707. The molecule has 0 amide bonds. The molecule has 1 N–H and O–H groups in total. The van der Waals surface area contributed by atoms with E-state index in [-0.39, 0.29) is 12.1 Å². The lowest BCUT2D eigenvalue weighted by atomic mass is 9.99. The van der Waals surface area contributed by atoms with Gasteiger partial charge in [-0.05, 0) is 65.8 Å². The van der Waals surface area contributed by atoms with Crippen LogP contribution in [0.5, 0.6) is 0 Å². The number of pyridine rings is 2. The number of para-hydroxylation sites is 1. The highest BCUT2D eigenvalue weighted by Crippen LogP contribution is 2.39. The van der Waals surface area contributed by atoms with Crippen molar-refractivity contribution < 1.29 is 0 Å². The van der Waals surface area contributed by atoms with Gasteiger partial charge in [-0.15, -0.1) is 0 Å². The first kappa shape index (κ1) is 18.5. The van der Waals surface area contributed by atoms with Crippen molar-refractivity contribution in [2.45, 2.75) is 18.6 Å². The average Bonchev–Trinajstić information content (AvgIpc) is 3.41. The second kappa shape index (κ2) is 8.08. The Morgan fingerprint density at radius 3 is 2.47 bits per heavy atom. The van der Waals surface area contributed by atoms with Crippen molar-refractivity contribution in [3.05, 3.63) is 115 Å². The van der Waals surface area contributed by atoms with E-state index in [1.54, 1.807) is 0 Å². The van der Waals surface area contributed by atoms with Crippen LogP contribution in [0.2, 0.25) is 0 Å². The van der Waals surface area contributed by atoms with Crippen LogP contribution < -0.4 is 5.32 Å². The lowest BCUT2D eigenvalue weighted by molar-refractivity contribution is 0.311. The zero-order valence-electron chi connectivity index (χ0n) is 16.3. The molecule has 4 heterocycles. The Bertz CT molecular complexity index is 1130. The Morgan fingerprint density at radius 1 is 0.900 bits per heavy atom. The molecule has 2 atom stereocenters. The summed E-state index contributed by atoms with van der Waals surface area (Å²) in [6, 6.07) is 22.6. The minimum Gasteiger partial charge on any atom is -0.352 e. The molecule has 3 aromatic heterocycles. The van der Waals surface area contributed by atoms with E-state index >= 15 is 0 Å². The zero-order valence-corrected chi connectivity index (χ0v) is 17.1. The number of rotatable bonds is 5. The smallest absolute Gasteiger partial charge is 0.170 e. The fourth-order valence-electron chi connectivity index (χ4n) is 3.97. The number of nitrogens with zero attached hydrogens (tertiary/aromatic N) is 4. The van der Waals surface area contributed by atoms with Gasteiger partial charge in [0.2, 0.25) is 0 Å². The summed E-state index contributed by atoms with van der Waals surface area (Å²) in [7, 11) is 0. The van der Waals surface area contributed by atoms with Gasteiger partial charge >= 0.3 is 0 Å². The van der Waals surface area contributed by atoms with E-state index in [2.05, 4.69) is 61.4 Å². The Morgan fingerprint density at radius 2 is 1.70 bits per heavy atom. The third kappa shape index (κ3) is 3.57. The SMILES string of the molecule is S=C1N[C@H](c2ccccn2)[C@@H](c2ccn(-c3ccccc3)c2)N1Cc1ccncc1. The van der Waals surface area contributed by atoms with Crippen LogP contribution in [-0.2, 0) is 6.54 Å².